The van der Waals surface area contributed by atoms with Crippen LogP contribution in [0.25, 0.3) is 6.08 Å². The second-order valence-corrected chi connectivity index (χ2v) is 8.83. The number of hydrogen-bond donors (Lipinski definition) is 0. The molecule has 1 heterocycles. The summed E-state index contributed by atoms with van der Waals surface area (Å²) in [5.74, 6) is 0.879. The topological polar surface area (TPSA) is 57.1 Å². The number of hydrogen-bond acceptors (Lipinski definition) is 5. The third-order valence-corrected chi connectivity index (χ3v) is 6.06. The van der Waals surface area contributed by atoms with Crippen LogP contribution in [0.3, 0.4) is 0 Å². The zero-order valence-corrected chi connectivity index (χ0v) is 20.6. The molecule has 0 aliphatic carbocycles. The van der Waals surface area contributed by atoms with Gasteiger partial charge in [-0.05, 0) is 80.3 Å². The number of esters is 1. The summed E-state index contributed by atoms with van der Waals surface area (Å²) < 4.78 is 18.4. The molecule has 3 aromatic carbocycles. The van der Waals surface area contributed by atoms with Crippen molar-refractivity contribution in [2.24, 2.45) is 4.99 Å². The van der Waals surface area contributed by atoms with Crippen molar-refractivity contribution in [2.45, 2.75) is 13.5 Å². The van der Waals surface area contributed by atoms with E-state index in [1.165, 1.54) is 5.56 Å². The molecule has 1 aliphatic heterocycles. The van der Waals surface area contributed by atoms with Crippen LogP contribution in [0.4, 0.5) is 0 Å². The van der Waals surface area contributed by atoms with Crippen molar-refractivity contribution in [2.75, 3.05) is 7.11 Å². The molecule has 4 rings (SSSR count). The van der Waals surface area contributed by atoms with Crippen molar-refractivity contribution in [3.05, 3.63) is 97.6 Å². The van der Waals surface area contributed by atoms with Gasteiger partial charge in [-0.15, -0.1) is 0 Å². The Morgan fingerprint density at radius 3 is 2.50 bits per heavy atom. The largest absolute Gasteiger partial charge is 0.493 e. The molecule has 0 radical (unpaired) electrons. The molecule has 0 atom stereocenters. The van der Waals surface area contributed by atoms with Gasteiger partial charge in [0.15, 0.2) is 17.2 Å². The van der Waals surface area contributed by atoms with E-state index in [4.69, 9.17) is 14.2 Å². The third kappa shape index (κ3) is 4.95. The van der Waals surface area contributed by atoms with Crippen LogP contribution < -0.4 is 9.47 Å². The number of benzene rings is 3. The van der Waals surface area contributed by atoms with Crippen LogP contribution in [0, 0.1) is 6.92 Å². The SMILES string of the molecule is COc1cc(/C=C2\N=C(c3ccccc3Br)OC2=O)cc(Br)c1OCc1ccc(C)cc1. The first kappa shape index (κ1) is 22.3. The Bertz CT molecular complexity index is 1230. The lowest BCUT2D eigenvalue weighted by atomic mass is 10.1. The molecule has 0 aromatic heterocycles. The number of ether oxygens (including phenoxy) is 3. The van der Waals surface area contributed by atoms with E-state index in [2.05, 4.69) is 36.9 Å². The van der Waals surface area contributed by atoms with Crippen molar-refractivity contribution in [3.63, 3.8) is 0 Å². The second-order valence-electron chi connectivity index (χ2n) is 7.12. The Morgan fingerprint density at radius 2 is 1.78 bits per heavy atom. The van der Waals surface area contributed by atoms with Crippen LogP contribution >= 0.6 is 31.9 Å². The van der Waals surface area contributed by atoms with Gasteiger partial charge < -0.3 is 14.2 Å². The minimum absolute atomic E-state index is 0.207. The highest BCUT2D eigenvalue weighted by Crippen LogP contribution is 2.38. The molecule has 7 heteroatoms. The van der Waals surface area contributed by atoms with Gasteiger partial charge in [0, 0.05) is 4.47 Å². The molecule has 0 unspecified atom stereocenters. The van der Waals surface area contributed by atoms with Crippen molar-refractivity contribution >= 4 is 49.8 Å². The van der Waals surface area contributed by atoms with Gasteiger partial charge in [-0.1, -0.05) is 42.0 Å². The molecule has 5 nitrogen and oxygen atoms in total. The molecule has 1 aliphatic rings. The summed E-state index contributed by atoms with van der Waals surface area (Å²) in [6.07, 6.45) is 1.66. The van der Waals surface area contributed by atoms with Gasteiger partial charge in [0.05, 0.1) is 17.1 Å². The highest BCUT2D eigenvalue weighted by atomic mass is 79.9. The van der Waals surface area contributed by atoms with E-state index in [1.54, 1.807) is 19.3 Å². The molecule has 0 N–H and O–H groups in total. The predicted molar refractivity (Wildman–Crippen MR) is 131 cm³/mol. The summed E-state index contributed by atoms with van der Waals surface area (Å²) in [5, 5.41) is 0. The van der Waals surface area contributed by atoms with Gasteiger partial charge in [0.25, 0.3) is 0 Å². The Labute approximate surface area is 203 Å². The van der Waals surface area contributed by atoms with E-state index in [0.29, 0.717) is 28.1 Å². The highest BCUT2D eigenvalue weighted by molar-refractivity contribution is 9.10. The number of cyclic esters (lactones) is 1. The minimum Gasteiger partial charge on any atom is -0.493 e. The van der Waals surface area contributed by atoms with Crippen LogP contribution in [0.2, 0.25) is 0 Å². The maximum atomic E-state index is 12.4. The lowest BCUT2D eigenvalue weighted by Gasteiger charge is -2.14. The molecule has 32 heavy (non-hydrogen) atoms. The normalized spacial score (nSPS) is 14.3. The molecule has 0 bridgehead atoms. The summed E-state index contributed by atoms with van der Waals surface area (Å²) >= 11 is 7.01. The monoisotopic (exact) mass is 555 g/mol. The standard InChI is InChI=1S/C25H19Br2NO4/c1-15-7-9-16(10-8-15)14-31-23-20(27)11-17(13-22(23)30-2)12-21-25(29)32-24(28-21)18-5-3-4-6-19(18)26/h3-13H,14H2,1-2H3/b21-12-. The highest BCUT2D eigenvalue weighted by Gasteiger charge is 2.25. The van der Waals surface area contributed by atoms with Gasteiger partial charge >= 0.3 is 5.97 Å². The fraction of sp³-hybridized carbons (Fsp3) is 0.120. The summed E-state index contributed by atoms with van der Waals surface area (Å²) in [7, 11) is 1.57. The number of carbonyl (C=O) groups is 1. The fourth-order valence-corrected chi connectivity index (χ4v) is 4.15. The van der Waals surface area contributed by atoms with Crippen LogP contribution in [0.5, 0.6) is 11.5 Å². The Hall–Kier alpha value is -2.90. The van der Waals surface area contributed by atoms with E-state index < -0.39 is 5.97 Å². The summed E-state index contributed by atoms with van der Waals surface area (Å²) in [6, 6.07) is 19.2. The van der Waals surface area contributed by atoms with Gasteiger partial charge in [-0.3, -0.25) is 0 Å². The van der Waals surface area contributed by atoms with Gasteiger partial charge in [0.2, 0.25) is 5.90 Å². The molecule has 0 amide bonds. The second kappa shape index (κ2) is 9.71. The van der Waals surface area contributed by atoms with E-state index in [0.717, 1.165) is 15.6 Å². The lowest BCUT2D eigenvalue weighted by Crippen LogP contribution is -2.05. The van der Waals surface area contributed by atoms with E-state index >= 15 is 0 Å². The molecule has 0 spiro atoms. The fourth-order valence-electron chi connectivity index (χ4n) is 3.12. The van der Waals surface area contributed by atoms with Crippen LogP contribution in [0.1, 0.15) is 22.3 Å². The summed E-state index contributed by atoms with van der Waals surface area (Å²) in [4.78, 5) is 16.7. The average Bonchev–Trinajstić information content (AvgIpc) is 3.14. The maximum absolute atomic E-state index is 12.4. The van der Waals surface area contributed by atoms with E-state index in [-0.39, 0.29) is 11.6 Å². The number of aliphatic imine (C=N–C) groups is 1. The molecule has 0 saturated carbocycles. The molecular formula is C25H19Br2NO4. The number of halogens is 2. The van der Waals surface area contributed by atoms with Crippen LogP contribution in [0.15, 0.2) is 80.3 Å². The number of methoxy groups -OCH3 is 1. The first-order valence-electron chi connectivity index (χ1n) is 9.78. The number of nitrogens with zero attached hydrogens (tertiary/aromatic N) is 1. The van der Waals surface area contributed by atoms with Crippen molar-refractivity contribution < 1.29 is 19.0 Å². The van der Waals surface area contributed by atoms with Crippen LogP contribution in [-0.4, -0.2) is 19.0 Å². The first-order valence-corrected chi connectivity index (χ1v) is 11.4. The quantitative estimate of drug-likeness (QED) is 0.258. The van der Waals surface area contributed by atoms with Gasteiger partial charge in [0.1, 0.15) is 6.61 Å². The Morgan fingerprint density at radius 1 is 1.03 bits per heavy atom. The zero-order valence-electron chi connectivity index (χ0n) is 17.4. The predicted octanol–water partition coefficient (Wildman–Crippen LogP) is 6.45. The molecule has 3 aromatic rings. The molecule has 0 saturated heterocycles. The molecular weight excluding hydrogens is 538 g/mol. The van der Waals surface area contributed by atoms with Gasteiger partial charge in [-0.2, -0.15) is 0 Å². The van der Waals surface area contributed by atoms with Crippen molar-refractivity contribution in [1.29, 1.82) is 0 Å². The first-order chi connectivity index (χ1) is 15.4. The minimum atomic E-state index is -0.509. The maximum Gasteiger partial charge on any atom is 0.363 e. The zero-order chi connectivity index (χ0) is 22.7. The number of carbonyl (C=O) groups excluding carboxylic acids is 1. The van der Waals surface area contributed by atoms with E-state index in [9.17, 15) is 4.79 Å². The average molecular weight is 557 g/mol. The molecule has 0 fully saturated rings. The summed E-state index contributed by atoms with van der Waals surface area (Å²) in [6.45, 7) is 2.45. The van der Waals surface area contributed by atoms with Crippen molar-refractivity contribution in [3.8, 4) is 11.5 Å². The summed E-state index contributed by atoms with van der Waals surface area (Å²) in [5.41, 5.74) is 3.89. The Kier molecular flexibility index (Phi) is 6.77. The lowest BCUT2D eigenvalue weighted by molar-refractivity contribution is -0.129. The number of rotatable bonds is 6. The smallest absolute Gasteiger partial charge is 0.363 e. The number of aryl methyl sites for hydroxylation is 1. The third-order valence-electron chi connectivity index (χ3n) is 4.78. The van der Waals surface area contributed by atoms with Crippen LogP contribution in [-0.2, 0) is 16.1 Å². The Balaban J connectivity index is 1.59. The molecule has 162 valence electrons. The van der Waals surface area contributed by atoms with Crippen molar-refractivity contribution in [1.82, 2.24) is 0 Å². The van der Waals surface area contributed by atoms with Gasteiger partial charge in [-0.25, -0.2) is 9.79 Å². The van der Waals surface area contributed by atoms with E-state index in [1.807, 2.05) is 61.5 Å².